The number of rotatable bonds is 7. The molecular formula is C20H24FN5O3. The lowest BCUT2D eigenvalue weighted by atomic mass is 10.1. The summed E-state index contributed by atoms with van der Waals surface area (Å²) in [5.41, 5.74) is 1.16. The Bertz CT molecular complexity index is 864. The van der Waals surface area contributed by atoms with Crippen LogP contribution in [0.4, 0.5) is 4.39 Å². The van der Waals surface area contributed by atoms with Crippen molar-refractivity contribution in [2.24, 2.45) is 0 Å². The average molecular weight is 401 g/mol. The molecule has 2 aromatic rings. The van der Waals surface area contributed by atoms with E-state index >= 15 is 0 Å². The number of hydrogen-bond acceptors (Lipinski definition) is 6. The Labute approximate surface area is 168 Å². The standard InChI is InChI=1S/C20H24FN5O3/c1-25(12-15-5-6-22-13-24-15)19(27)10-18-20(28)23-7-8-26(18)11-14-3-4-16(29-2)9-17(14)21/h3-6,9,13,18H,7-8,10-12H2,1-2H3,(H,23,28). The van der Waals surface area contributed by atoms with Gasteiger partial charge >= 0.3 is 0 Å². The van der Waals surface area contributed by atoms with E-state index < -0.39 is 11.9 Å². The van der Waals surface area contributed by atoms with E-state index in [0.717, 1.165) is 0 Å². The van der Waals surface area contributed by atoms with Gasteiger partial charge in [0.25, 0.3) is 0 Å². The smallest absolute Gasteiger partial charge is 0.237 e. The molecule has 1 unspecified atom stereocenters. The third-order valence-corrected chi connectivity index (χ3v) is 4.91. The lowest BCUT2D eigenvalue weighted by Crippen LogP contribution is -2.56. The predicted molar refractivity (Wildman–Crippen MR) is 103 cm³/mol. The minimum Gasteiger partial charge on any atom is -0.497 e. The van der Waals surface area contributed by atoms with Crippen LogP contribution in [0, 0.1) is 5.82 Å². The Balaban J connectivity index is 1.68. The fourth-order valence-corrected chi connectivity index (χ4v) is 3.24. The van der Waals surface area contributed by atoms with Crippen LogP contribution in [0.3, 0.4) is 0 Å². The fraction of sp³-hybridized carbons (Fsp3) is 0.400. The summed E-state index contributed by atoms with van der Waals surface area (Å²) in [6.07, 6.45) is 3.04. The topological polar surface area (TPSA) is 87.7 Å². The molecule has 8 nitrogen and oxygen atoms in total. The van der Waals surface area contributed by atoms with Gasteiger partial charge in [0.05, 0.1) is 31.8 Å². The summed E-state index contributed by atoms with van der Waals surface area (Å²) in [6.45, 7) is 1.54. The van der Waals surface area contributed by atoms with E-state index in [0.29, 0.717) is 36.6 Å². The molecule has 1 N–H and O–H groups in total. The number of carbonyl (C=O) groups excluding carboxylic acids is 2. The summed E-state index contributed by atoms with van der Waals surface area (Å²) in [5.74, 6) is -0.387. The number of methoxy groups -OCH3 is 1. The number of nitrogens with zero attached hydrogens (tertiary/aromatic N) is 4. The minimum atomic E-state index is -0.661. The number of halogens is 1. The molecule has 9 heteroatoms. The summed E-state index contributed by atoms with van der Waals surface area (Å²) >= 11 is 0. The van der Waals surface area contributed by atoms with Gasteiger partial charge in [-0.05, 0) is 12.1 Å². The van der Waals surface area contributed by atoms with Crippen molar-refractivity contribution in [1.82, 2.24) is 25.1 Å². The van der Waals surface area contributed by atoms with E-state index in [2.05, 4.69) is 15.3 Å². The molecule has 1 aliphatic heterocycles. The maximum absolute atomic E-state index is 14.4. The molecule has 0 aliphatic carbocycles. The van der Waals surface area contributed by atoms with E-state index in [-0.39, 0.29) is 24.8 Å². The molecule has 2 heterocycles. The monoisotopic (exact) mass is 401 g/mol. The van der Waals surface area contributed by atoms with Crippen LogP contribution in [-0.2, 0) is 22.7 Å². The Morgan fingerprint density at radius 3 is 2.93 bits per heavy atom. The van der Waals surface area contributed by atoms with Crippen molar-refractivity contribution < 1.29 is 18.7 Å². The minimum absolute atomic E-state index is 0.00515. The Hall–Kier alpha value is -3.07. The van der Waals surface area contributed by atoms with Crippen molar-refractivity contribution in [2.45, 2.75) is 25.6 Å². The van der Waals surface area contributed by atoms with Crippen LogP contribution in [0.25, 0.3) is 0 Å². The molecule has 29 heavy (non-hydrogen) atoms. The highest BCUT2D eigenvalue weighted by atomic mass is 19.1. The van der Waals surface area contributed by atoms with E-state index in [9.17, 15) is 14.0 Å². The van der Waals surface area contributed by atoms with Gasteiger partial charge in [-0.2, -0.15) is 0 Å². The van der Waals surface area contributed by atoms with Crippen LogP contribution in [0.1, 0.15) is 17.7 Å². The first kappa shape index (κ1) is 20.7. The summed E-state index contributed by atoms with van der Waals surface area (Å²) in [6, 6.07) is 5.70. The van der Waals surface area contributed by atoms with Gasteiger partial charge < -0.3 is 15.0 Å². The van der Waals surface area contributed by atoms with E-state index in [1.165, 1.54) is 24.4 Å². The normalized spacial score (nSPS) is 16.9. The van der Waals surface area contributed by atoms with E-state index in [4.69, 9.17) is 4.74 Å². The third-order valence-electron chi connectivity index (χ3n) is 4.91. The number of carbonyl (C=O) groups is 2. The Morgan fingerprint density at radius 1 is 1.41 bits per heavy atom. The maximum atomic E-state index is 14.4. The molecule has 1 aliphatic rings. The molecule has 2 amide bonds. The Kier molecular flexibility index (Phi) is 6.71. The van der Waals surface area contributed by atoms with Gasteiger partial charge in [-0.3, -0.25) is 14.5 Å². The number of aromatic nitrogens is 2. The molecule has 0 spiro atoms. The van der Waals surface area contributed by atoms with Crippen molar-refractivity contribution in [3.63, 3.8) is 0 Å². The van der Waals surface area contributed by atoms with E-state index in [1.807, 2.05) is 4.90 Å². The van der Waals surface area contributed by atoms with Gasteiger partial charge in [0.15, 0.2) is 0 Å². The molecule has 1 atom stereocenters. The second-order valence-corrected chi connectivity index (χ2v) is 6.89. The highest BCUT2D eigenvalue weighted by molar-refractivity contribution is 5.88. The first-order valence-electron chi connectivity index (χ1n) is 9.31. The first-order valence-corrected chi connectivity index (χ1v) is 9.31. The van der Waals surface area contributed by atoms with Crippen molar-refractivity contribution in [3.05, 3.63) is 53.9 Å². The number of amides is 2. The highest BCUT2D eigenvalue weighted by Crippen LogP contribution is 2.20. The van der Waals surface area contributed by atoms with Crippen LogP contribution in [0.15, 0.2) is 36.8 Å². The van der Waals surface area contributed by atoms with Gasteiger partial charge in [0.2, 0.25) is 11.8 Å². The molecule has 1 saturated heterocycles. The van der Waals surface area contributed by atoms with E-state index in [1.54, 1.807) is 31.4 Å². The molecule has 0 saturated carbocycles. The van der Waals surface area contributed by atoms with Crippen LogP contribution in [0.2, 0.25) is 0 Å². The predicted octanol–water partition coefficient (Wildman–Crippen LogP) is 0.973. The number of nitrogens with one attached hydrogen (secondary N) is 1. The van der Waals surface area contributed by atoms with Crippen LogP contribution in [-0.4, -0.2) is 64.9 Å². The molecule has 1 aromatic heterocycles. The molecule has 1 fully saturated rings. The number of benzene rings is 1. The zero-order chi connectivity index (χ0) is 20.8. The zero-order valence-electron chi connectivity index (χ0n) is 16.5. The van der Waals surface area contributed by atoms with Crippen molar-refractivity contribution >= 4 is 11.8 Å². The molecule has 154 valence electrons. The van der Waals surface area contributed by atoms with Gasteiger partial charge in [-0.15, -0.1) is 0 Å². The number of ether oxygens (including phenoxy) is 1. The SMILES string of the molecule is COc1ccc(CN2CCNC(=O)C2CC(=O)N(C)Cc2ccncn2)c(F)c1. The summed E-state index contributed by atoms with van der Waals surface area (Å²) in [5, 5.41) is 2.79. The van der Waals surface area contributed by atoms with Gasteiger partial charge in [-0.1, -0.05) is 6.07 Å². The number of hydrogen-bond donors (Lipinski definition) is 1. The van der Waals surface area contributed by atoms with Crippen molar-refractivity contribution in [2.75, 3.05) is 27.2 Å². The maximum Gasteiger partial charge on any atom is 0.237 e. The van der Waals surface area contributed by atoms with Crippen LogP contribution in [0.5, 0.6) is 5.75 Å². The Morgan fingerprint density at radius 2 is 2.24 bits per heavy atom. The molecule has 3 rings (SSSR count). The number of piperazine rings is 1. The molecule has 0 radical (unpaired) electrons. The summed E-state index contributed by atoms with van der Waals surface area (Å²) in [4.78, 5) is 36.5. The summed E-state index contributed by atoms with van der Waals surface area (Å²) in [7, 11) is 3.14. The lowest BCUT2D eigenvalue weighted by molar-refractivity contribution is -0.138. The molecule has 1 aromatic carbocycles. The fourth-order valence-electron chi connectivity index (χ4n) is 3.24. The van der Waals surface area contributed by atoms with Crippen molar-refractivity contribution in [1.29, 1.82) is 0 Å². The largest absolute Gasteiger partial charge is 0.497 e. The quantitative estimate of drug-likeness (QED) is 0.744. The third kappa shape index (κ3) is 5.26. The molecular weight excluding hydrogens is 377 g/mol. The second-order valence-electron chi connectivity index (χ2n) is 6.89. The zero-order valence-corrected chi connectivity index (χ0v) is 16.5. The molecule has 0 bridgehead atoms. The van der Waals surface area contributed by atoms with Crippen molar-refractivity contribution in [3.8, 4) is 5.75 Å². The van der Waals surface area contributed by atoms with Gasteiger partial charge in [0, 0.05) is 44.5 Å². The van der Waals surface area contributed by atoms with Crippen LogP contribution >= 0.6 is 0 Å². The van der Waals surface area contributed by atoms with Gasteiger partial charge in [-0.25, -0.2) is 14.4 Å². The second kappa shape index (κ2) is 9.42. The first-order chi connectivity index (χ1) is 14.0. The summed E-state index contributed by atoms with van der Waals surface area (Å²) < 4.78 is 19.4. The average Bonchev–Trinajstić information content (AvgIpc) is 2.72. The van der Waals surface area contributed by atoms with Gasteiger partial charge in [0.1, 0.15) is 17.9 Å². The lowest BCUT2D eigenvalue weighted by Gasteiger charge is -2.35. The van der Waals surface area contributed by atoms with Crippen LogP contribution < -0.4 is 10.1 Å². The highest BCUT2D eigenvalue weighted by Gasteiger charge is 2.33.